The maximum atomic E-state index is 11.3. The number of aromatic nitrogens is 6. The predicted molar refractivity (Wildman–Crippen MR) is 71.5 cm³/mol. The lowest BCUT2D eigenvalue weighted by molar-refractivity contribution is -0.120. The largest absolute Gasteiger partial charge is 0.356 e. The summed E-state index contributed by atoms with van der Waals surface area (Å²) in [7, 11) is 0. The summed E-state index contributed by atoms with van der Waals surface area (Å²) in [6.45, 7) is 2.86. The molecule has 10 heteroatoms. The molecule has 2 aromatic rings. The highest BCUT2D eigenvalue weighted by Gasteiger charge is 2.07. The molecule has 2 rings (SSSR count). The lowest BCUT2D eigenvalue weighted by Crippen LogP contribution is -2.25. The second-order valence-electron chi connectivity index (χ2n) is 3.70. The predicted octanol–water partition coefficient (Wildman–Crippen LogP) is 0.0438. The van der Waals surface area contributed by atoms with Crippen LogP contribution in [0.4, 0.5) is 5.95 Å². The van der Waals surface area contributed by atoms with Crippen LogP contribution in [0, 0.1) is 0 Å². The van der Waals surface area contributed by atoms with Gasteiger partial charge in [-0.15, -0.1) is 0 Å². The van der Waals surface area contributed by atoms with Crippen molar-refractivity contribution in [3.8, 4) is 5.95 Å². The van der Waals surface area contributed by atoms with Crippen LogP contribution in [0.15, 0.2) is 12.7 Å². The molecule has 0 aliphatic heterocycles. The topological polar surface area (TPSA) is 111 Å². The number of nitrogens with one attached hydrogen (secondary N) is 2. The van der Waals surface area contributed by atoms with E-state index in [2.05, 4.69) is 35.7 Å². The normalized spacial score (nSPS) is 10.3. The van der Waals surface area contributed by atoms with E-state index in [1.54, 1.807) is 0 Å². The Labute approximate surface area is 119 Å². The van der Waals surface area contributed by atoms with Gasteiger partial charge in [0.15, 0.2) is 0 Å². The van der Waals surface area contributed by atoms with E-state index < -0.39 is 0 Å². The molecule has 106 valence electrons. The molecule has 2 heterocycles. The highest BCUT2D eigenvalue weighted by Crippen LogP contribution is 2.08. The van der Waals surface area contributed by atoms with Crippen LogP contribution < -0.4 is 10.6 Å². The summed E-state index contributed by atoms with van der Waals surface area (Å²) in [5.41, 5.74) is 0. The molecular weight excluding hydrogens is 284 g/mol. The molecular formula is C10H13ClN8O. The Morgan fingerprint density at radius 2 is 2.25 bits per heavy atom. The number of carbonyl (C=O) groups is 1. The minimum absolute atomic E-state index is 0.0333. The summed E-state index contributed by atoms with van der Waals surface area (Å²) >= 11 is 5.82. The number of anilines is 1. The fraction of sp³-hybridized carbons (Fsp3) is 0.400. The average molecular weight is 297 g/mol. The summed E-state index contributed by atoms with van der Waals surface area (Å²) in [4.78, 5) is 27.1. The first-order valence-corrected chi connectivity index (χ1v) is 6.34. The molecule has 0 aromatic carbocycles. The molecule has 0 atom stereocenters. The molecule has 20 heavy (non-hydrogen) atoms. The van der Waals surface area contributed by atoms with Crippen molar-refractivity contribution in [2.24, 2.45) is 0 Å². The van der Waals surface area contributed by atoms with Crippen molar-refractivity contribution in [2.75, 3.05) is 18.4 Å². The van der Waals surface area contributed by atoms with Crippen LogP contribution >= 0.6 is 11.6 Å². The lowest BCUT2D eigenvalue weighted by atomic mass is 10.4. The number of hydrogen-bond acceptors (Lipinski definition) is 7. The summed E-state index contributed by atoms with van der Waals surface area (Å²) in [6, 6.07) is 0. The van der Waals surface area contributed by atoms with Gasteiger partial charge in [-0.3, -0.25) is 4.79 Å². The number of rotatable bonds is 6. The molecule has 0 radical (unpaired) electrons. The van der Waals surface area contributed by atoms with E-state index in [1.165, 1.54) is 17.3 Å². The molecule has 0 spiro atoms. The monoisotopic (exact) mass is 296 g/mol. The first kappa shape index (κ1) is 14.1. The van der Waals surface area contributed by atoms with Gasteiger partial charge < -0.3 is 10.6 Å². The zero-order valence-electron chi connectivity index (χ0n) is 10.7. The Kier molecular flexibility index (Phi) is 4.77. The first-order chi connectivity index (χ1) is 9.69. The summed E-state index contributed by atoms with van der Waals surface area (Å²) in [5, 5.41) is 9.54. The van der Waals surface area contributed by atoms with Crippen LogP contribution in [0.5, 0.6) is 0 Å². The molecule has 2 aromatic heterocycles. The molecule has 0 aliphatic carbocycles. The van der Waals surface area contributed by atoms with Gasteiger partial charge in [0.05, 0.1) is 0 Å². The van der Waals surface area contributed by atoms with Crippen molar-refractivity contribution in [2.45, 2.75) is 13.3 Å². The second kappa shape index (κ2) is 6.75. The standard InChI is InChI=1S/C10H13ClN8O/c1-2-13-7(20)3-4-14-9-16-8(11)17-10(18-9)19-6-12-5-15-19/h5-6H,2-4H2,1H3,(H,13,20)(H,14,16,17,18). The second-order valence-corrected chi connectivity index (χ2v) is 4.04. The van der Waals surface area contributed by atoms with E-state index in [-0.39, 0.29) is 23.1 Å². The molecule has 9 nitrogen and oxygen atoms in total. The van der Waals surface area contributed by atoms with E-state index in [0.717, 1.165) is 0 Å². The number of halogens is 1. The average Bonchev–Trinajstić information content (AvgIpc) is 2.92. The van der Waals surface area contributed by atoms with E-state index in [1.807, 2.05) is 6.92 Å². The van der Waals surface area contributed by atoms with Gasteiger partial charge in [-0.1, -0.05) is 0 Å². The third kappa shape index (κ3) is 3.85. The van der Waals surface area contributed by atoms with Crippen molar-refractivity contribution in [1.29, 1.82) is 0 Å². The quantitative estimate of drug-likeness (QED) is 0.774. The highest BCUT2D eigenvalue weighted by atomic mass is 35.5. The van der Waals surface area contributed by atoms with Gasteiger partial charge in [-0.25, -0.2) is 4.98 Å². The Bertz CT molecular complexity index is 573. The van der Waals surface area contributed by atoms with Crippen LogP contribution in [0.2, 0.25) is 5.28 Å². The van der Waals surface area contributed by atoms with Crippen LogP contribution in [-0.4, -0.2) is 48.7 Å². The number of hydrogen-bond donors (Lipinski definition) is 2. The number of amides is 1. The maximum Gasteiger partial charge on any atom is 0.258 e. The van der Waals surface area contributed by atoms with Crippen LogP contribution in [-0.2, 0) is 4.79 Å². The Morgan fingerprint density at radius 1 is 1.40 bits per heavy atom. The fourth-order valence-corrected chi connectivity index (χ4v) is 1.56. The minimum atomic E-state index is -0.0448. The van der Waals surface area contributed by atoms with E-state index >= 15 is 0 Å². The highest BCUT2D eigenvalue weighted by molar-refractivity contribution is 6.28. The first-order valence-electron chi connectivity index (χ1n) is 5.96. The van der Waals surface area contributed by atoms with Crippen LogP contribution in [0.1, 0.15) is 13.3 Å². The van der Waals surface area contributed by atoms with Crippen LogP contribution in [0.3, 0.4) is 0 Å². The maximum absolute atomic E-state index is 11.3. The number of carbonyl (C=O) groups excluding carboxylic acids is 1. The summed E-state index contributed by atoms with van der Waals surface area (Å²) in [5.74, 6) is 0.486. The molecule has 1 amide bonds. The molecule has 2 N–H and O–H groups in total. The van der Waals surface area contributed by atoms with Gasteiger partial charge in [-0.05, 0) is 18.5 Å². The van der Waals surface area contributed by atoms with Gasteiger partial charge in [-0.2, -0.15) is 24.7 Å². The van der Waals surface area contributed by atoms with Gasteiger partial charge in [0, 0.05) is 19.5 Å². The van der Waals surface area contributed by atoms with Gasteiger partial charge in [0.2, 0.25) is 17.1 Å². The SMILES string of the molecule is CCNC(=O)CCNc1nc(Cl)nc(-n2cncn2)n1. The molecule has 0 bridgehead atoms. The third-order valence-corrected chi connectivity index (χ3v) is 2.40. The Balaban J connectivity index is 2.00. The zero-order valence-corrected chi connectivity index (χ0v) is 11.5. The smallest absolute Gasteiger partial charge is 0.258 e. The fourth-order valence-electron chi connectivity index (χ4n) is 1.41. The van der Waals surface area contributed by atoms with Crippen LogP contribution in [0.25, 0.3) is 5.95 Å². The van der Waals surface area contributed by atoms with E-state index in [4.69, 9.17) is 11.6 Å². The summed E-state index contributed by atoms with van der Waals surface area (Å²) in [6.07, 6.45) is 3.12. The molecule has 0 aliphatic rings. The van der Waals surface area contributed by atoms with Crippen molar-refractivity contribution in [1.82, 2.24) is 35.0 Å². The minimum Gasteiger partial charge on any atom is -0.356 e. The van der Waals surface area contributed by atoms with Gasteiger partial charge in [0.1, 0.15) is 12.7 Å². The van der Waals surface area contributed by atoms with Crippen molar-refractivity contribution in [3.05, 3.63) is 17.9 Å². The van der Waals surface area contributed by atoms with Gasteiger partial charge in [0.25, 0.3) is 5.95 Å². The van der Waals surface area contributed by atoms with Crippen molar-refractivity contribution >= 4 is 23.5 Å². The summed E-state index contributed by atoms with van der Waals surface area (Å²) < 4.78 is 1.36. The van der Waals surface area contributed by atoms with Crippen molar-refractivity contribution in [3.63, 3.8) is 0 Å². The molecule has 0 fully saturated rings. The third-order valence-electron chi connectivity index (χ3n) is 2.23. The van der Waals surface area contributed by atoms with Gasteiger partial charge >= 0.3 is 0 Å². The zero-order chi connectivity index (χ0) is 14.4. The van der Waals surface area contributed by atoms with E-state index in [9.17, 15) is 4.79 Å². The van der Waals surface area contributed by atoms with Crippen molar-refractivity contribution < 1.29 is 4.79 Å². The van der Waals surface area contributed by atoms with E-state index in [0.29, 0.717) is 19.5 Å². The number of nitrogens with zero attached hydrogens (tertiary/aromatic N) is 6. The Hall–Kier alpha value is -2.29. The molecule has 0 saturated carbocycles. The Morgan fingerprint density at radius 3 is 2.95 bits per heavy atom. The molecule has 0 saturated heterocycles. The lowest BCUT2D eigenvalue weighted by Gasteiger charge is -2.06. The molecule has 0 unspecified atom stereocenters.